The van der Waals surface area contributed by atoms with Crippen molar-refractivity contribution in [1.29, 1.82) is 0 Å². The van der Waals surface area contributed by atoms with E-state index in [1.165, 1.54) is 11.1 Å². The van der Waals surface area contributed by atoms with Crippen LogP contribution in [-0.4, -0.2) is 61.6 Å². The number of amides is 3. The molecule has 2 aromatic rings. The standard InChI is InChI=1S/C21H20N6O3/c28-18(25-17-11-23-16(10-24-17)13-3-1-7-22-9-13)12-26-8-2-4-15-19(26)21(30)27(20(15)29)14-5-6-14/h1,3,7,9-11,14H,2,4-6,8,12H2,(H,24,25,28). The van der Waals surface area contributed by atoms with Crippen LogP contribution in [0.1, 0.15) is 25.7 Å². The van der Waals surface area contributed by atoms with Gasteiger partial charge in [0.05, 0.1) is 24.6 Å². The lowest BCUT2D eigenvalue weighted by atomic mass is 10.0. The fourth-order valence-electron chi connectivity index (χ4n) is 3.93. The van der Waals surface area contributed by atoms with Gasteiger partial charge in [0.25, 0.3) is 11.8 Å². The van der Waals surface area contributed by atoms with E-state index in [2.05, 4.69) is 20.3 Å². The Hall–Kier alpha value is -3.62. The van der Waals surface area contributed by atoms with Gasteiger partial charge in [0.15, 0.2) is 5.82 Å². The summed E-state index contributed by atoms with van der Waals surface area (Å²) < 4.78 is 0. The number of imide groups is 1. The molecule has 2 aliphatic heterocycles. The van der Waals surface area contributed by atoms with Crippen molar-refractivity contribution in [3.8, 4) is 11.3 Å². The van der Waals surface area contributed by atoms with Crippen LogP contribution in [-0.2, 0) is 14.4 Å². The minimum atomic E-state index is -0.308. The molecule has 152 valence electrons. The van der Waals surface area contributed by atoms with Crippen LogP contribution in [0.5, 0.6) is 0 Å². The average molecular weight is 404 g/mol. The molecule has 0 atom stereocenters. The van der Waals surface area contributed by atoms with E-state index in [-0.39, 0.29) is 30.3 Å². The van der Waals surface area contributed by atoms with Gasteiger partial charge >= 0.3 is 0 Å². The summed E-state index contributed by atoms with van der Waals surface area (Å²) in [5, 5.41) is 2.72. The second-order valence-electron chi connectivity index (χ2n) is 7.64. The first kappa shape index (κ1) is 18.4. The third-order valence-electron chi connectivity index (χ3n) is 5.48. The first-order chi connectivity index (χ1) is 14.6. The lowest BCUT2D eigenvalue weighted by molar-refractivity contribution is -0.138. The van der Waals surface area contributed by atoms with Gasteiger partial charge in [0, 0.05) is 36.1 Å². The molecule has 3 aliphatic rings. The maximum Gasteiger partial charge on any atom is 0.277 e. The molecule has 9 nitrogen and oxygen atoms in total. The number of pyridine rings is 1. The molecule has 9 heteroatoms. The highest BCUT2D eigenvalue weighted by Gasteiger charge is 2.48. The molecule has 1 aliphatic carbocycles. The van der Waals surface area contributed by atoms with Crippen LogP contribution < -0.4 is 5.32 Å². The number of hydrogen-bond acceptors (Lipinski definition) is 7. The number of aromatic nitrogens is 3. The molecule has 4 heterocycles. The molecule has 0 bridgehead atoms. The van der Waals surface area contributed by atoms with E-state index >= 15 is 0 Å². The van der Waals surface area contributed by atoms with E-state index in [0.29, 0.717) is 35.7 Å². The number of carbonyl (C=O) groups excluding carboxylic acids is 3. The molecular weight excluding hydrogens is 384 g/mol. The number of hydrogen-bond donors (Lipinski definition) is 1. The Bertz CT molecular complexity index is 1050. The molecule has 0 unspecified atom stereocenters. The van der Waals surface area contributed by atoms with Crippen molar-refractivity contribution < 1.29 is 14.4 Å². The molecule has 3 amide bonds. The highest BCUT2D eigenvalue weighted by molar-refractivity contribution is 6.19. The molecule has 0 saturated heterocycles. The summed E-state index contributed by atoms with van der Waals surface area (Å²) in [5.41, 5.74) is 2.43. The minimum absolute atomic E-state index is 0.0115. The zero-order chi connectivity index (χ0) is 20.7. The highest BCUT2D eigenvalue weighted by Crippen LogP contribution is 2.38. The summed E-state index contributed by atoms with van der Waals surface area (Å²) in [7, 11) is 0. The number of nitrogens with zero attached hydrogens (tertiary/aromatic N) is 5. The highest BCUT2D eigenvalue weighted by atomic mass is 16.2. The summed E-state index contributed by atoms with van der Waals surface area (Å²) in [6, 6.07) is 3.72. The van der Waals surface area contributed by atoms with E-state index in [4.69, 9.17) is 0 Å². The van der Waals surface area contributed by atoms with Gasteiger partial charge in [-0.3, -0.25) is 29.3 Å². The van der Waals surface area contributed by atoms with Gasteiger partial charge in [0.1, 0.15) is 5.70 Å². The monoisotopic (exact) mass is 404 g/mol. The van der Waals surface area contributed by atoms with Gasteiger partial charge < -0.3 is 10.2 Å². The van der Waals surface area contributed by atoms with Crippen LogP contribution in [0, 0.1) is 0 Å². The minimum Gasteiger partial charge on any atom is -0.357 e. The number of anilines is 1. The van der Waals surface area contributed by atoms with Crippen molar-refractivity contribution in [2.24, 2.45) is 0 Å². The maximum atomic E-state index is 12.8. The Morgan fingerprint density at radius 1 is 1.13 bits per heavy atom. The predicted molar refractivity (Wildman–Crippen MR) is 107 cm³/mol. The van der Waals surface area contributed by atoms with Crippen molar-refractivity contribution in [2.75, 3.05) is 18.4 Å². The molecule has 1 saturated carbocycles. The second-order valence-corrected chi connectivity index (χ2v) is 7.64. The number of rotatable bonds is 5. The first-order valence-electron chi connectivity index (χ1n) is 10.00. The molecular formula is C21H20N6O3. The van der Waals surface area contributed by atoms with Gasteiger partial charge in [-0.1, -0.05) is 0 Å². The Kier molecular flexibility index (Phi) is 4.50. The molecule has 0 aromatic carbocycles. The predicted octanol–water partition coefficient (Wildman–Crippen LogP) is 1.36. The zero-order valence-corrected chi connectivity index (χ0v) is 16.2. The fraction of sp³-hybridized carbons (Fsp3) is 0.333. The summed E-state index contributed by atoms with van der Waals surface area (Å²) in [6.07, 6.45) is 9.49. The number of nitrogens with one attached hydrogen (secondary N) is 1. The summed E-state index contributed by atoms with van der Waals surface area (Å²) in [5.74, 6) is -0.422. The quantitative estimate of drug-likeness (QED) is 0.750. The SMILES string of the molecule is O=C(CN1CCCC2=C1C(=O)N(C1CC1)C2=O)Nc1cnc(-c2cccnc2)cn1. The summed E-state index contributed by atoms with van der Waals surface area (Å²) >= 11 is 0. The molecule has 0 spiro atoms. The van der Waals surface area contributed by atoms with Gasteiger partial charge in [-0.15, -0.1) is 0 Å². The third kappa shape index (κ3) is 3.32. The van der Waals surface area contributed by atoms with Crippen molar-refractivity contribution in [3.05, 3.63) is 48.2 Å². The molecule has 2 aromatic heterocycles. The van der Waals surface area contributed by atoms with Crippen molar-refractivity contribution in [1.82, 2.24) is 24.8 Å². The van der Waals surface area contributed by atoms with E-state index in [1.54, 1.807) is 23.5 Å². The fourth-order valence-corrected chi connectivity index (χ4v) is 3.93. The topological polar surface area (TPSA) is 108 Å². The average Bonchev–Trinajstić information content (AvgIpc) is 3.56. The van der Waals surface area contributed by atoms with Crippen molar-refractivity contribution >= 4 is 23.5 Å². The number of carbonyl (C=O) groups is 3. The largest absolute Gasteiger partial charge is 0.357 e. The van der Waals surface area contributed by atoms with E-state index in [1.807, 2.05) is 12.1 Å². The Balaban J connectivity index is 1.26. The second kappa shape index (κ2) is 7.33. The lowest BCUT2D eigenvalue weighted by Crippen LogP contribution is -2.40. The smallest absolute Gasteiger partial charge is 0.277 e. The van der Waals surface area contributed by atoms with Gasteiger partial charge in [-0.2, -0.15) is 0 Å². The summed E-state index contributed by atoms with van der Waals surface area (Å²) in [6.45, 7) is 0.553. The van der Waals surface area contributed by atoms with E-state index < -0.39 is 0 Å². The molecule has 1 fully saturated rings. The Morgan fingerprint density at radius 3 is 2.70 bits per heavy atom. The van der Waals surface area contributed by atoms with Gasteiger partial charge in [-0.25, -0.2) is 4.98 Å². The van der Waals surface area contributed by atoms with Crippen LogP contribution in [0.3, 0.4) is 0 Å². The lowest BCUT2D eigenvalue weighted by Gasteiger charge is -2.28. The van der Waals surface area contributed by atoms with Crippen LogP contribution in [0.15, 0.2) is 48.2 Å². The Morgan fingerprint density at radius 2 is 2.00 bits per heavy atom. The summed E-state index contributed by atoms with van der Waals surface area (Å²) in [4.78, 5) is 53.7. The molecule has 5 rings (SSSR count). The third-order valence-corrected chi connectivity index (χ3v) is 5.48. The maximum absolute atomic E-state index is 12.8. The van der Waals surface area contributed by atoms with Crippen molar-refractivity contribution in [3.63, 3.8) is 0 Å². The van der Waals surface area contributed by atoms with Crippen LogP contribution in [0.4, 0.5) is 5.82 Å². The van der Waals surface area contributed by atoms with Crippen LogP contribution >= 0.6 is 0 Å². The first-order valence-corrected chi connectivity index (χ1v) is 10.00. The van der Waals surface area contributed by atoms with Crippen molar-refractivity contribution in [2.45, 2.75) is 31.7 Å². The zero-order valence-electron chi connectivity index (χ0n) is 16.2. The van der Waals surface area contributed by atoms with Gasteiger partial charge in [0.2, 0.25) is 5.91 Å². The normalized spacial score (nSPS) is 18.7. The van der Waals surface area contributed by atoms with E-state index in [9.17, 15) is 14.4 Å². The molecule has 30 heavy (non-hydrogen) atoms. The van der Waals surface area contributed by atoms with Crippen LogP contribution in [0.25, 0.3) is 11.3 Å². The molecule has 0 radical (unpaired) electrons. The van der Waals surface area contributed by atoms with E-state index in [0.717, 1.165) is 24.8 Å². The molecule has 1 N–H and O–H groups in total. The van der Waals surface area contributed by atoms with Gasteiger partial charge in [-0.05, 0) is 37.8 Å². The Labute approximate surface area is 172 Å². The van der Waals surface area contributed by atoms with Crippen LogP contribution in [0.2, 0.25) is 0 Å².